The number of hydrogen-bond donors (Lipinski definition) is 1. The molecule has 1 unspecified atom stereocenters. The van der Waals surface area contributed by atoms with Gasteiger partial charge >= 0.3 is 5.97 Å². The van der Waals surface area contributed by atoms with Crippen LogP contribution in [0.5, 0.6) is 0 Å². The number of methoxy groups -OCH3 is 1. The number of nitrogens with one attached hydrogen (secondary N) is 1. The molecule has 0 aliphatic heterocycles. The number of pyridine rings is 1. The SMILES string of the molecule is COC(=O)C(NC(=O)Cc1ccncc1)C(C)C. The van der Waals surface area contributed by atoms with Crippen molar-refractivity contribution in [3.8, 4) is 0 Å². The van der Waals surface area contributed by atoms with Gasteiger partial charge < -0.3 is 10.1 Å². The van der Waals surface area contributed by atoms with Crippen LogP contribution in [-0.4, -0.2) is 30.0 Å². The molecule has 5 heteroatoms. The molecule has 1 atom stereocenters. The third-order valence-corrected chi connectivity index (χ3v) is 2.55. The number of carbonyl (C=O) groups excluding carboxylic acids is 2. The van der Waals surface area contributed by atoms with Crippen molar-refractivity contribution in [2.75, 3.05) is 7.11 Å². The number of amides is 1. The van der Waals surface area contributed by atoms with E-state index in [2.05, 4.69) is 15.0 Å². The monoisotopic (exact) mass is 250 g/mol. The zero-order chi connectivity index (χ0) is 13.5. The minimum absolute atomic E-state index is 0.0150. The highest BCUT2D eigenvalue weighted by atomic mass is 16.5. The second kappa shape index (κ2) is 6.74. The molecule has 1 aromatic heterocycles. The van der Waals surface area contributed by atoms with Gasteiger partial charge in [0, 0.05) is 12.4 Å². The molecule has 0 fully saturated rings. The van der Waals surface area contributed by atoms with Crippen molar-refractivity contribution < 1.29 is 14.3 Å². The topological polar surface area (TPSA) is 68.3 Å². The van der Waals surface area contributed by atoms with Crippen LogP contribution in [0.25, 0.3) is 0 Å². The maximum Gasteiger partial charge on any atom is 0.328 e. The summed E-state index contributed by atoms with van der Waals surface area (Å²) in [5.74, 6) is -0.641. The van der Waals surface area contributed by atoms with Crippen LogP contribution in [-0.2, 0) is 20.7 Å². The zero-order valence-electron chi connectivity index (χ0n) is 10.8. The van der Waals surface area contributed by atoms with Crippen LogP contribution in [0.15, 0.2) is 24.5 Å². The minimum Gasteiger partial charge on any atom is -0.467 e. The van der Waals surface area contributed by atoms with E-state index in [1.54, 1.807) is 24.5 Å². The highest BCUT2D eigenvalue weighted by Crippen LogP contribution is 2.05. The molecule has 1 aromatic rings. The van der Waals surface area contributed by atoms with Gasteiger partial charge in [-0.3, -0.25) is 9.78 Å². The highest BCUT2D eigenvalue weighted by Gasteiger charge is 2.24. The Morgan fingerprint density at radius 1 is 1.33 bits per heavy atom. The average Bonchev–Trinajstić information content (AvgIpc) is 2.36. The molecule has 0 aromatic carbocycles. The molecule has 0 saturated carbocycles. The molecule has 0 saturated heterocycles. The van der Waals surface area contributed by atoms with Crippen molar-refractivity contribution in [3.63, 3.8) is 0 Å². The Balaban J connectivity index is 2.60. The van der Waals surface area contributed by atoms with Gasteiger partial charge in [-0.05, 0) is 23.6 Å². The van der Waals surface area contributed by atoms with Crippen LogP contribution in [0.4, 0.5) is 0 Å². The molecular weight excluding hydrogens is 232 g/mol. The Bertz CT molecular complexity index is 404. The van der Waals surface area contributed by atoms with Gasteiger partial charge in [-0.25, -0.2) is 4.79 Å². The van der Waals surface area contributed by atoms with Crippen LogP contribution in [0.1, 0.15) is 19.4 Å². The van der Waals surface area contributed by atoms with Crippen LogP contribution < -0.4 is 5.32 Å². The minimum atomic E-state index is -0.607. The summed E-state index contributed by atoms with van der Waals surface area (Å²) in [7, 11) is 1.31. The summed E-state index contributed by atoms with van der Waals surface area (Å²) in [4.78, 5) is 27.2. The van der Waals surface area contributed by atoms with Crippen molar-refractivity contribution in [1.82, 2.24) is 10.3 Å². The maximum atomic E-state index is 11.8. The van der Waals surface area contributed by atoms with Gasteiger partial charge in [0.15, 0.2) is 0 Å². The molecule has 1 rings (SSSR count). The molecule has 1 amide bonds. The largest absolute Gasteiger partial charge is 0.467 e. The second-order valence-electron chi connectivity index (χ2n) is 4.34. The lowest BCUT2D eigenvalue weighted by Gasteiger charge is -2.19. The maximum absolute atomic E-state index is 11.8. The lowest BCUT2D eigenvalue weighted by atomic mass is 10.0. The van der Waals surface area contributed by atoms with Gasteiger partial charge in [0.1, 0.15) is 6.04 Å². The van der Waals surface area contributed by atoms with Gasteiger partial charge in [0.2, 0.25) is 5.91 Å². The standard InChI is InChI=1S/C13H18N2O3/c1-9(2)12(13(17)18-3)15-11(16)8-10-4-6-14-7-5-10/h4-7,9,12H,8H2,1-3H3,(H,15,16). The number of ether oxygens (including phenoxy) is 1. The predicted molar refractivity (Wildman–Crippen MR) is 66.7 cm³/mol. The molecule has 18 heavy (non-hydrogen) atoms. The van der Waals surface area contributed by atoms with E-state index in [0.717, 1.165) is 5.56 Å². The Morgan fingerprint density at radius 2 is 1.94 bits per heavy atom. The molecule has 0 aliphatic rings. The zero-order valence-corrected chi connectivity index (χ0v) is 10.8. The van der Waals surface area contributed by atoms with Crippen LogP contribution in [0.3, 0.4) is 0 Å². The third kappa shape index (κ3) is 4.16. The first-order chi connectivity index (χ1) is 8.54. The van der Waals surface area contributed by atoms with Crippen molar-refractivity contribution in [1.29, 1.82) is 0 Å². The van der Waals surface area contributed by atoms with E-state index >= 15 is 0 Å². The van der Waals surface area contributed by atoms with Crippen LogP contribution >= 0.6 is 0 Å². The first-order valence-corrected chi connectivity index (χ1v) is 5.80. The fourth-order valence-corrected chi connectivity index (χ4v) is 1.54. The van der Waals surface area contributed by atoms with Gasteiger partial charge in [0.25, 0.3) is 0 Å². The Morgan fingerprint density at radius 3 is 2.44 bits per heavy atom. The lowest BCUT2D eigenvalue weighted by molar-refractivity contribution is -0.146. The third-order valence-electron chi connectivity index (χ3n) is 2.55. The van der Waals surface area contributed by atoms with E-state index in [1.165, 1.54) is 7.11 Å². The summed E-state index contributed by atoms with van der Waals surface area (Å²) in [6.07, 6.45) is 3.48. The fraction of sp³-hybridized carbons (Fsp3) is 0.462. The molecule has 0 aliphatic carbocycles. The molecule has 5 nitrogen and oxygen atoms in total. The molecule has 1 N–H and O–H groups in total. The number of rotatable bonds is 5. The first-order valence-electron chi connectivity index (χ1n) is 5.80. The molecule has 0 bridgehead atoms. The summed E-state index contributed by atoms with van der Waals surface area (Å²) < 4.78 is 4.66. The van der Waals surface area contributed by atoms with Crippen molar-refractivity contribution in [2.24, 2.45) is 5.92 Å². The Hall–Kier alpha value is -1.91. The number of nitrogens with zero attached hydrogens (tertiary/aromatic N) is 1. The Kier molecular flexibility index (Phi) is 5.30. The average molecular weight is 250 g/mol. The van der Waals surface area contributed by atoms with Crippen LogP contribution in [0.2, 0.25) is 0 Å². The van der Waals surface area contributed by atoms with E-state index in [-0.39, 0.29) is 18.2 Å². The van der Waals surface area contributed by atoms with Gasteiger partial charge in [0.05, 0.1) is 13.5 Å². The van der Waals surface area contributed by atoms with E-state index in [4.69, 9.17) is 0 Å². The van der Waals surface area contributed by atoms with E-state index in [1.807, 2.05) is 13.8 Å². The van der Waals surface area contributed by atoms with E-state index in [0.29, 0.717) is 0 Å². The second-order valence-corrected chi connectivity index (χ2v) is 4.34. The van der Waals surface area contributed by atoms with Gasteiger partial charge in [-0.1, -0.05) is 13.8 Å². The van der Waals surface area contributed by atoms with Crippen molar-refractivity contribution >= 4 is 11.9 Å². The number of esters is 1. The summed E-state index contributed by atoms with van der Waals surface area (Å²) in [5.41, 5.74) is 0.856. The number of hydrogen-bond acceptors (Lipinski definition) is 4. The molecular formula is C13H18N2O3. The van der Waals surface area contributed by atoms with E-state index < -0.39 is 12.0 Å². The number of carbonyl (C=O) groups is 2. The molecule has 0 spiro atoms. The quantitative estimate of drug-likeness (QED) is 0.790. The summed E-state index contributed by atoms with van der Waals surface area (Å²) >= 11 is 0. The molecule has 0 radical (unpaired) electrons. The van der Waals surface area contributed by atoms with Crippen molar-refractivity contribution in [2.45, 2.75) is 26.3 Å². The summed E-state index contributed by atoms with van der Waals surface area (Å²) in [6, 6.07) is 2.92. The smallest absolute Gasteiger partial charge is 0.328 e. The predicted octanol–water partition coefficient (Wildman–Crippen LogP) is 0.938. The molecule has 98 valence electrons. The van der Waals surface area contributed by atoms with Gasteiger partial charge in [-0.15, -0.1) is 0 Å². The number of aromatic nitrogens is 1. The van der Waals surface area contributed by atoms with E-state index in [9.17, 15) is 9.59 Å². The Labute approximate surface area is 107 Å². The first kappa shape index (κ1) is 14.2. The highest BCUT2D eigenvalue weighted by molar-refractivity contribution is 5.85. The summed E-state index contributed by atoms with van der Waals surface area (Å²) in [5, 5.41) is 2.68. The normalized spacial score (nSPS) is 12.0. The molecule has 1 heterocycles. The van der Waals surface area contributed by atoms with Crippen molar-refractivity contribution in [3.05, 3.63) is 30.1 Å². The van der Waals surface area contributed by atoms with Gasteiger partial charge in [-0.2, -0.15) is 0 Å². The van der Waals surface area contributed by atoms with Crippen LogP contribution in [0, 0.1) is 5.92 Å². The summed E-state index contributed by atoms with van der Waals surface area (Å²) in [6.45, 7) is 3.71. The lowest BCUT2D eigenvalue weighted by Crippen LogP contribution is -2.45. The fourth-order valence-electron chi connectivity index (χ4n) is 1.54.